The molecule has 1 aliphatic heterocycles. The second kappa shape index (κ2) is 6.99. The molecule has 3 unspecified atom stereocenters. The lowest BCUT2D eigenvalue weighted by atomic mass is 10.1. The third kappa shape index (κ3) is 3.26. The Labute approximate surface area is 168 Å². The van der Waals surface area contributed by atoms with Crippen LogP contribution in [0.5, 0.6) is 5.88 Å². The van der Waals surface area contributed by atoms with Crippen LogP contribution in [0.2, 0.25) is 0 Å². The molecule has 1 saturated heterocycles. The first kappa shape index (κ1) is 17.8. The predicted molar refractivity (Wildman–Crippen MR) is 105 cm³/mol. The number of ether oxygens (including phenoxy) is 1. The number of rotatable bonds is 4. The summed E-state index contributed by atoms with van der Waals surface area (Å²) in [5.41, 5.74) is 2.90. The third-order valence-electron chi connectivity index (χ3n) is 5.74. The number of amides is 1. The molecule has 3 aromatic rings. The van der Waals surface area contributed by atoms with E-state index < -0.39 is 0 Å². The molecule has 0 N–H and O–H groups in total. The lowest BCUT2D eigenvalue weighted by Crippen LogP contribution is -2.47. The van der Waals surface area contributed by atoms with Crippen LogP contribution in [0.15, 0.2) is 47.3 Å². The van der Waals surface area contributed by atoms with Crippen molar-refractivity contribution in [2.24, 2.45) is 5.92 Å². The Kier molecular flexibility index (Phi) is 4.30. The van der Waals surface area contributed by atoms with Gasteiger partial charge in [0.05, 0.1) is 17.8 Å². The number of carbonyl (C=O) groups excluding carboxylic acids is 1. The van der Waals surface area contributed by atoms with E-state index in [2.05, 4.69) is 15.0 Å². The number of hydrogen-bond acceptors (Lipinski definition) is 6. The number of likely N-dealkylation sites (tertiary alicyclic amines) is 1. The average Bonchev–Trinajstić information content (AvgIpc) is 3.46. The number of piperidine rings is 1. The molecular formula is C22H22N4O3. The second-order valence-electron chi connectivity index (χ2n) is 7.88. The zero-order valence-corrected chi connectivity index (χ0v) is 16.4. The Hall–Kier alpha value is -3.22. The van der Waals surface area contributed by atoms with Crippen LogP contribution in [0.4, 0.5) is 0 Å². The lowest BCUT2D eigenvalue weighted by molar-refractivity contribution is 0.0466. The van der Waals surface area contributed by atoms with Crippen LogP contribution in [0.25, 0.3) is 11.6 Å². The van der Waals surface area contributed by atoms with Crippen LogP contribution < -0.4 is 4.74 Å². The first-order chi connectivity index (χ1) is 14.1. The van der Waals surface area contributed by atoms with Gasteiger partial charge in [-0.05, 0) is 50.3 Å². The normalized spacial score (nSPS) is 22.8. The monoisotopic (exact) mass is 390 g/mol. The molecule has 2 bridgehead atoms. The largest absolute Gasteiger partial charge is 0.472 e. The van der Waals surface area contributed by atoms with Crippen molar-refractivity contribution >= 4 is 5.91 Å². The summed E-state index contributed by atoms with van der Waals surface area (Å²) in [6.07, 6.45) is 6.70. The Bertz CT molecular complexity index is 1030. The van der Waals surface area contributed by atoms with Crippen molar-refractivity contribution in [1.82, 2.24) is 19.9 Å². The molecule has 7 nitrogen and oxygen atoms in total. The summed E-state index contributed by atoms with van der Waals surface area (Å²) in [6.45, 7) is 4.62. The van der Waals surface area contributed by atoms with Crippen LogP contribution in [-0.4, -0.2) is 44.4 Å². The van der Waals surface area contributed by atoms with Crippen molar-refractivity contribution in [2.75, 3.05) is 6.54 Å². The zero-order chi connectivity index (χ0) is 20.0. The first-order valence-corrected chi connectivity index (χ1v) is 9.86. The Morgan fingerprint density at radius 2 is 2.07 bits per heavy atom. The second-order valence-corrected chi connectivity index (χ2v) is 7.88. The van der Waals surface area contributed by atoms with Gasteiger partial charge in [-0.1, -0.05) is 6.07 Å². The number of carbonyl (C=O) groups is 1. The van der Waals surface area contributed by atoms with Crippen LogP contribution in [0, 0.1) is 19.8 Å². The molecule has 7 heteroatoms. The molecule has 4 heterocycles. The SMILES string of the molecule is Cc1ccc(OC2CC3CC2N(C(=O)c2ccc(C)nc2-c2ncco2)C3)nc1. The van der Waals surface area contributed by atoms with E-state index in [0.29, 0.717) is 28.9 Å². The van der Waals surface area contributed by atoms with Gasteiger partial charge in [-0.15, -0.1) is 0 Å². The number of aryl methyl sites for hydroxylation is 2. The Balaban J connectivity index is 1.40. The number of oxazole rings is 1. The van der Waals surface area contributed by atoms with E-state index in [1.807, 2.05) is 43.0 Å². The van der Waals surface area contributed by atoms with Gasteiger partial charge in [0.25, 0.3) is 5.91 Å². The highest BCUT2D eigenvalue weighted by Gasteiger charge is 2.48. The van der Waals surface area contributed by atoms with Gasteiger partial charge in [0, 0.05) is 24.5 Å². The van der Waals surface area contributed by atoms with Gasteiger partial charge in [-0.25, -0.2) is 15.0 Å². The topological polar surface area (TPSA) is 81.4 Å². The maximum Gasteiger partial charge on any atom is 0.256 e. The summed E-state index contributed by atoms with van der Waals surface area (Å²) in [5, 5.41) is 0. The van der Waals surface area contributed by atoms with Gasteiger partial charge >= 0.3 is 0 Å². The van der Waals surface area contributed by atoms with Gasteiger partial charge < -0.3 is 14.1 Å². The van der Waals surface area contributed by atoms with Gasteiger partial charge in [0.2, 0.25) is 11.8 Å². The van der Waals surface area contributed by atoms with E-state index in [0.717, 1.165) is 30.6 Å². The van der Waals surface area contributed by atoms with Crippen LogP contribution >= 0.6 is 0 Å². The van der Waals surface area contributed by atoms with Crippen molar-refractivity contribution in [3.63, 3.8) is 0 Å². The molecule has 1 aliphatic carbocycles. The van der Waals surface area contributed by atoms with E-state index >= 15 is 0 Å². The molecule has 0 radical (unpaired) electrons. The lowest BCUT2D eigenvalue weighted by Gasteiger charge is -2.33. The molecule has 29 heavy (non-hydrogen) atoms. The minimum atomic E-state index is -0.0524. The Morgan fingerprint density at radius 3 is 2.79 bits per heavy atom. The minimum absolute atomic E-state index is 0.0364. The highest BCUT2D eigenvalue weighted by Crippen LogP contribution is 2.40. The molecule has 1 amide bonds. The maximum absolute atomic E-state index is 13.5. The number of nitrogens with zero attached hydrogens (tertiary/aromatic N) is 4. The number of hydrogen-bond donors (Lipinski definition) is 0. The van der Waals surface area contributed by atoms with E-state index in [1.165, 1.54) is 6.26 Å². The van der Waals surface area contributed by atoms with Crippen LogP contribution in [0.3, 0.4) is 0 Å². The standard InChI is InChI=1S/C22H22N4O3/c1-13-3-6-19(24-11-13)29-18-10-15-9-17(18)26(12-15)22(27)16-5-4-14(2)25-20(16)21-23-7-8-28-21/h3-8,11,15,17-18H,9-10,12H2,1-2H3. The molecule has 2 aliphatic rings. The highest BCUT2D eigenvalue weighted by atomic mass is 16.5. The molecule has 3 atom stereocenters. The molecule has 0 aromatic carbocycles. The molecule has 3 aromatic heterocycles. The fourth-order valence-corrected chi connectivity index (χ4v) is 4.39. The summed E-state index contributed by atoms with van der Waals surface area (Å²) < 4.78 is 11.6. The van der Waals surface area contributed by atoms with E-state index in [9.17, 15) is 4.79 Å². The van der Waals surface area contributed by atoms with E-state index in [-0.39, 0.29) is 18.1 Å². The van der Waals surface area contributed by atoms with E-state index in [4.69, 9.17) is 9.15 Å². The summed E-state index contributed by atoms with van der Waals surface area (Å²) >= 11 is 0. The number of aromatic nitrogens is 3. The minimum Gasteiger partial charge on any atom is -0.472 e. The number of fused-ring (bicyclic) bond motifs is 2. The quantitative estimate of drug-likeness (QED) is 0.679. The maximum atomic E-state index is 13.5. The molecule has 2 fully saturated rings. The molecule has 148 valence electrons. The molecule has 0 spiro atoms. The average molecular weight is 390 g/mol. The van der Waals surface area contributed by atoms with Crippen molar-refractivity contribution in [3.8, 4) is 17.5 Å². The van der Waals surface area contributed by atoms with Crippen molar-refractivity contribution in [1.29, 1.82) is 0 Å². The van der Waals surface area contributed by atoms with Crippen molar-refractivity contribution in [3.05, 3.63) is 59.7 Å². The van der Waals surface area contributed by atoms with E-state index in [1.54, 1.807) is 12.4 Å². The first-order valence-electron chi connectivity index (χ1n) is 9.86. The third-order valence-corrected chi connectivity index (χ3v) is 5.74. The van der Waals surface area contributed by atoms with Crippen LogP contribution in [-0.2, 0) is 0 Å². The van der Waals surface area contributed by atoms with Gasteiger partial charge in [0.1, 0.15) is 18.1 Å². The van der Waals surface area contributed by atoms with Crippen LogP contribution in [0.1, 0.15) is 34.5 Å². The summed E-state index contributed by atoms with van der Waals surface area (Å²) in [6, 6.07) is 7.57. The molecule has 1 saturated carbocycles. The Morgan fingerprint density at radius 1 is 1.17 bits per heavy atom. The fraction of sp³-hybridized carbons (Fsp3) is 0.364. The van der Waals surface area contributed by atoms with Gasteiger partial charge in [-0.3, -0.25) is 4.79 Å². The highest BCUT2D eigenvalue weighted by molar-refractivity contribution is 5.99. The van der Waals surface area contributed by atoms with Crippen molar-refractivity contribution < 1.29 is 13.9 Å². The smallest absolute Gasteiger partial charge is 0.256 e. The zero-order valence-electron chi connectivity index (χ0n) is 16.4. The summed E-state index contributed by atoms with van der Waals surface area (Å²) in [5.74, 6) is 1.36. The predicted octanol–water partition coefficient (Wildman–Crippen LogP) is 3.43. The molecular weight excluding hydrogens is 368 g/mol. The summed E-state index contributed by atoms with van der Waals surface area (Å²) in [7, 11) is 0. The molecule has 5 rings (SSSR count). The van der Waals surface area contributed by atoms with Gasteiger partial charge in [0.15, 0.2) is 0 Å². The fourth-order valence-electron chi connectivity index (χ4n) is 4.39. The summed E-state index contributed by atoms with van der Waals surface area (Å²) in [4.78, 5) is 28.4. The van der Waals surface area contributed by atoms with Crippen molar-refractivity contribution in [2.45, 2.75) is 38.8 Å². The van der Waals surface area contributed by atoms with Gasteiger partial charge in [-0.2, -0.15) is 0 Å². The number of pyridine rings is 2.